The van der Waals surface area contributed by atoms with E-state index in [9.17, 15) is 0 Å². The molecule has 0 radical (unpaired) electrons. The molecule has 1 N–H and O–H groups in total. The number of rotatable bonds is 2. The Morgan fingerprint density at radius 1 is 1.69 bits per heavy atom. The maximum Gasteiger partial charge on any atom is 0.214 e. The zero-order chi connectivity index (χ0) is 9.26. The van der Waals surface area contributed by atoms with Crippen LogP contribution in [0, 0.1) is 11.7 Å². The van der Waals surface area contributed by atoms with Gasteiger partial charge in [0.15, 0.2) is 4.77 Å². The van der Waals surface area contributed by atoms with Gasteiger partial charge in [-0.1, -0.05) is 0 Å². The molecule has 6 heteroatoms. The van der Waals surface area contributed by atoms with Crippen LogP contribution >= 0.6 is 12.2 Å². The van der Waals surface area contributed by atoms with Crippen molar-refractivity contribution < 1.29 is 4.42 Å². The maximum atomic E-state index is 5.29. The summed E-state index contributed by atoms with van der Waals surface area (Å²) in [6.07, 6.45) is 3.29. The molecular weight excluding hydrogens is 188 g/mol. The minimum atomic E-state index is 0.517. The van der Waals surface area contributed by atoms with Crippen molar-refractivity contribution in [2.75, 3.05) is 0 Å². The van der Waals surface area contributed by atoms with Crippen molar-refractivity contribution in [1.82, 2.24) is 19.7 Å². The molecule has 0 aromatic carbocycles. The molecular formula is C7H8N4OS. The lowest BCUT2D eigenvalue weighted by Gasteiger charge is -1.94. The third kappa shape index (κ3) is 1.67. The summed E-state index contributed by atoms with van der Waals surface area (Å²) in [5.74, 6) is 1.43. The van der Waals surface area contributed by atoms with E-state index in [1.54, 1.807) is 17.1 Å². The van der Waals surface area contributed by atoms with Crippen molar-refractivity contribution >= 4 is 12.2 Å². The third-order valence-corrected chi connectivity index (χ3v) is 1.92. The Morgan fingerprint density at radius 3 is 3.08 bits per heavy atom. The van der Waals surface area contributed by atoms with Crippen LogP contribution in [0.4, 0.5) is 0 Å². The molecule has 0 atom stereocenters. The van der Waals surface area contributed by atoms with E-state index in [1.807, 2.05) is 6.92 Å². The molecule has 0 amide bonds. The molecule has 2 aromatic heterocycles. The molecule has 0 aliphatic heterocycles. The van der Waals surface area contributed by atoms with Crippen molar-refractivity contribution in [1.29, 1.82) is 0 Å². The number of aryl methyl sites for hydroxylation is 1. The van der Waals surface area contributed by atoms with Gasteiger partial charge in [0.05, 0.1) is 6.20 Å². The van der Waals surface area contributed by atoms with Gasteiger partial charge in [0.1, 0.15) is 18.6 Å². The molecule has 0 spiro atoms. The first-order chi connectivity index (χ1) is 6.25. The molecule has 0 bridgehead atoms. The SMILES string of the molecule is Cc1cnc(Cn2cn[nH]c2=S)o1. The van der Waals surface area contributed by atoms with E-state index in [4.69, 9.17) is 16.6 Å². The van der Waals surface area contributed by atoms with Gasteiger partial charge < -0.3 is 4.42 Å². The maximum absolute atomic E-state index is 5.29. The van der Waals surface area contributed by atoms with Gasteiger partial charge in [0.25, 0.3) is 0 Å². The van der Waals surface area contributed by atoms with E-state index in [0.717, 1.165) is 5.76 Å². The highest BCUT2D eigenvalue weighted by Crippen LogP contribution is 2.03. The van der Waals surface area contributed by atoms with Crippen molar-refractivity contribution in [2.24, 2.45) is 0 Å². The molecule has 2 rings (SSSR count). The largest absolute Gasteiger partial charge is 0.444 e. The molecule has 0 aliphatic carbocycles. The van der Waals surface area contributed by atoms with Gasteiger partial charge in [0.2, 0.25) is 5.89 Å². The average Bonchev–Trinajstić information content (AvgIpc) is 2.64. The zero-order valence-corrected chi connectivity index (χ0v) is 7.84. The first-order valence-electron chi connectivity index (χ1n) is 3.77. The fourth-order valence-corrected chi connectivity index (χ4v) is 1.17. The first-order valence-corrected chi connectivity index (χ1v) is 4.17. The van der Waals surface area contributed by atoms with E-state index < -0.39 is 0 Å². The Morgan fingerprint density at radius 2 is 2.54 bits per heavy atom. The quantitative estimate of drug-likeness (QED) is 0.735. The molecule has 0 saturated carbocycles. The minimum Gasteiger partial charge on any atom is -0.444 e. The van der Waals surface area contributed by atoms with Gasteiger partial charge in [-0.05, 0) is 19.1 Å². The molecule has 0 unspecified atom stereocenters. The normalized spacial score (nSPS) is 10.5. The first kappa shape index (κ1) is 8.18. The average molecular weight is 196 g/mol. The second kappa shape index (κ2) is 3.14. The van der Waals surface area contributed by atoms with Gasteiger partial charge in [0, 0.05) is 0 Å². The molecule has 2 aromatic rings. The molecule has 0 aliphatic rings. The Balaban J connectivity index is 2.24. The summed E-state index contributed by atoms with van der Waals surface area (Å²) in [6.45, 7) is 2.37. The third-order valence-electron chi connectivity index (χ3n) is 1.59. The van der Waals surface area contributed by atoms with Gasteiger partial charge in [-0.3, -0.25) is 9.67 Å². The minimum absolute atomic E-state index is 0.517. The lowest BCUT2D eigenvalue weighted by atomic mass is 10.6. The number of aromatic nitrogens is 4. The second-order valence-electron chi connectivity index (χ2n) is 2.65. The van der Waals surface area contributed by atoms with Crippen LogP contribution in [0.2, 0.25) is 0 Å². The van der Waals surface area contributed by atoms with Crippen LogP contribution in [0.1, 0.15) is 11.7 Å². The summed E-state index contributed by atoms with van der Waals surface area (Å²) < 4.78 is 7.61. The van der Waals surface area contributed by atoms with Crippen LogP contribution < -0.4 is 0 Å². The fourth-order valence-electron chi connectivity index (χ4n) is 1.00. The Labute approximate surface area is 79.4 Å². The topological polar surface area (TPSA) is 59.6 Å². The molecule has 13 heavy (non-hydrogen) atoms. The highest BCUT2D eigenvalue weighted by Gasteiger charge is 2.01. The predicted octanol–water partition coefficient (Wildman–Crippen LogP) is 1.29. The van der Waals surface area contributed by atoms with E-state index >= 15 is 0 Å². The fraction of sp³-hybridized carbons (Fsp3) is 0.286. The van der Waals surface area contributed by atoms with Crippen LogP contribution in [-0.4, -0.2) is 19.7 Å². The number of nitrogens with zero attached hydrogens (tertiary/aromatic N) is 3. The second-order valence-corrected chi connectivity index (χ2v) is 3.04. The van der Waals surface area contributed by atoms with Crippen molar-refractivity contribution in [3.8, 4) is 0 Å². The standard InChI is InChI=1S/C7H8N4OS/c1-5-2-8-6(12-5)3-11-4-9-10-7(11)13/h2,4H,3H2,1H3,(H,10,13). The van der Waals surface area contributed by atoms with E-state index in [2.05, 4.69) is 15.2 Å². The molecule has 2 heterocycles. The summed E-state index contributed by atoms with van der Waals surface area (Å²) in [5, 5.41) is 6.44. The van der Waals surface area contributed by atoms with E-state index in [1.165, 1.54) is 0 Å². The smallest absolute Gasteiger partial charge is 0.214 e. The highest BCUT2D eigenvalue weighted by molar-refractivity contribution is 7.71. The number of hydrogen-bond donors (Lipinski definition) is 1. The number of nitrogens with one attached hydrogen (secondary N) is 1. The summed E-state index contributed by atoms with van der Waals surface area (Å²) >= 11 is 4.97. The number of hydrogen-bond acceptors (Lipinski definition) is 4. The van der Waals surface area contributed by atoms with Crippen LogP contribution in [0.5, 0.6) is 0 Å². The molecule has 5 nitrogen and oxygen atoms in total. The van der Waals surface area contributed by atoms with Crippen molar-refractivity contribution in [2.45, 2.75) is 13.5 Å². The summed E-state index contributed by atoms with van der Waals surface area (Å²) in [6, 6.07) is 0. The van der Waals surface area contributed by atoms with Gasteiger partial charge in [-0.15, -0.1) is 0 Å². The summed E-state index contributed by atoms with van der Waals surface area (Å²) in [4.78, 5) is 4.06. The number of H-pyrrole nitrogens is 1. The van der Waals surface area contributed by atoms with Crippen LogP contribution in [-0.2, 0) is 6.54 Å². The summed E-state index contributed by atoms with van der Waals surface area (Å²) in [5.41, 5.74) is 0. The lowest BCUT2D eigenvalue weighted by Crippen LogP contribution is -1.97. The molecule has 68 valence electrons. The van der Waals surface area contributed by atoms with Crippen molar-refractivity contribution in [3.63, 3.8) is 0 Å². The van der Waals surface area contributed by atoms with Crippen LogP contribution in [0.15, 0.2) is 16.9 Å². The zero-order valence-electron chi connectivity index (χ0n) is 7.02. The van der Waals surface area contributed by atoms with Gasteiger partial charge in [-0.25, -0.2) is 4.98 Å². The number of aromatic amines is 1. The highest BCUT2D eigenvalue weighted by atomic mass is 32.1. The number of oxazole rings is 1. The lowest BCUT2D eigenvalue weighted by molar-refractivity contribution is 0.456. The monoisotopic (exact) mass is 196 g/mol. The van der Waals surface area contributed by atoms with Gasteiger partial charge >= 0.3 is 0 Å². The van der Waals surface area contributed by atoms with Crippen LogP contribution in [0.25, 0.3) is 0 Å². The molecule has 0 saturated heterocycles. The van der Waals surface area contributed by atoms with Crippen molar-refractivity contribution in [3.05, 3.63) is 28.9 Å². The Bertz CT molecular complexity index is 455. The van der Waals surface area contributed by atoms with Crippen LogP contribution in [0.3, 0.4) is 0 Å². The Hall–Kier alpha value is -1.43. The van der Waals surface area contributed by atoms with Gasteiger partial charge in [-0.2, -0.15) is 5.10 Å². The Kier molecular flexibility index (Phi) is 1.97. The molecule has 0 fully saturated rings. The van der Waals surface area contributed by atoms with E-state index in [-0.39, 0.29) is 0 Å². The van der Waals surface area contributed by atoms with E-state index in [0.29, 0.717) is 17.2 Å². The summed E-state index contributed by atoms with van der Waals surface area (Å²) in [7, 11) is 0. The predicted molar refractivity (Wildman–Crippen MR) is 47.8 cm³/mol.